The van der Waals surface area contributed by atoms with Crippen LogP contribution in [-0.4, -0.2) is 40.1 Å². The Morgan fingerprint density at radius 1 is 1.19 bits per heavy atom. The predicted molar refractivity (Wildman–Crippen MR) is 117 cm³/mol. The summed E-state index contributed by atoms with van der Waals surface area (Å²) < 4.78 is 10.8. The molecule has 1 aliphatic heterocycles. The monoisotopic (exact) mass is 435 g/mol. The minimum absolute atomic E-state index is 0.0654. The zero-order valence-corrected chi connectivity index (χ0v) is 17.8. The van der Waals surface area contributed by atoms with E-state index in [1.807, 2.05) is 49.4 Å². The van der Waals surface area contributed by atoms with Gasteiger partial charge in [0.25, 0.3) is 0 Å². The molecule has 0 spiro atoms. The molecule has 1 saturated heterocycles. The third-order valence-electron chi connectivity index (χ3n) is 5.11. The maximum absolute atomic E-state index is 12.4. The largest absolute Gasteiger partial charge is 0.492 e. The van der Waals surface area contributed by atoms with E-state index in [1.54, 1.807) is 17.0 Å². The second kappa shape index (κ2) is 9.95. The van der Waals surface area contributed by atoms with Gasteiger partial charge >= 0.3 is 6.03 Å². The summed E-state index contributed by atoms with van der Waals surface area (Å²) in [7, 11) is 0. The van der Waals surface area contributed by atoms with Crippen LogP contribution in [0.4, 0.5) is 10.5 Å². The molecule has 9 nitrogen and oxygen atoms in total. The molecule has 0 saturated carbocycles. The molecule has 2 N–H and O–H groups in total. The molecule has 4 rings (SSSR count). The van der Waals surface area contributed by atoms with Crippen LogP contribution in [0.1, 0.15) is 36.5 Å². The van der Waals surface area contributed by atoms with Crippen molar-refractivity contribution in [1.29, 1.82) is 0 Å². The van der Waals surface area contributed by atoms with Crippen molar-refractivity contribution in [3.8, 4) is 5.75 Å². The Bertz CT molecular complexity index is 1070. The van der Waals surface area contributed by atoms with Crippen molar-refractivity contribution in [2.75, 3.05) is 18.5 Å². The van der Waals surface area contributed by atoms with E-state index in [4.69, 9.17) is 9.26 Å². The Balaban J connectivity index is 1.30. The minimum atomic E-state index is -0.415. The standard InChI is InChI=1S/C23H25N5O4/c1-2-31-19-11-7-6-10-18(19)25-23(30)24-13-20-26-22(27-32-20)17-12-21(29)28(15-17)14-16-8-4-3-5-9-16/h3-11,17H,2,12-15H2,1H3,(H2,24,25,30)/t17-/m0/s1. The van der Waals surface area contributed by atoms with E-state index in [0.717, 1.165) is 5.56 Å². The molecule has 32 heavy (non-hydrogen) atoms. The average molecular weight is 435 g/mol. The van der Waals surface area contributed by atoms with Crippen molar-refractivity contribution in [2.24, 2.45) is 0 Å². The molecule has 2 aromatic carbocycles. The molecule has 2 heterocycles. The summed E-state index contributed by atoms with van der Waals surface area (Å²) in [6.45, 7) is 3.55. The summed E-state index contributed by atoms with van der Waals surface area (Å²) in [6.07, 6.45) is 0.341. The fraction of sp³-hybridized carbons (Fsp3) is 0.304. The van der Waals surface area contributed by atoms with Gasteiger partial charge in [-0.2, -0.15) is 4.98 Å². The van der Waals surface area contributed by atoms with E-state index in [-0.39, 0.29) is 24.3 Å². The fourth-order valence-corrected chi connectivity index (χ4v) is 3.58. The number of hydrogen-bond acceptors (Lipinski definition) is 6. The molecule has 1 aromatic heterocycles. The molecular weight excluding hydrogens is 410 g/mol. The molecule has 166 valence electrons. The number of carbonyl (C=O) groups is 2. The molecule has 1 atom stereocenters. The summed E-state index contributed by atoms with van der Waals surface area (Å²) in [5, 5.41) is 9.46. The molecule has 3 aromatic rings. The van der Waals surface area contributed by atoms with Gasteiger partial charge in [-0.05, 0) is 24.6 Å². The summed E-state index contributed by atoms with van der Waals surface area (Å²) in [5.74, 6) is 1.29. The number of nitrogens with zero attached hydrogens (tertiary/aromatic N) is 3. The lowest BCUT2D eigenvalue weighted by molar-refractivity contribution is -0.128. The zero-order chi connectivity index (χ0) is 22.3. The third-order valence-corrected chi connectivity index (χ3v) is 5.11. The predicted octanol–water partition coefficient (Wildman–Crippen LogP) is 3.31. The quantitative estimate of drug-likeness (QED) is 0.562. The Kier molecular flexibility index (Phi) is 6.64. The van der Waals surface area contributed by atoms with Crippen LogP contribution in [0.25, 0.3) is 0 Å². The summed E-state index contributed by atoms with van der Waals surface area (Å²) in [6, 6.07) is 16.6. The Hall–Kier alpha value is -3.88. The van der Waals surface area contributed by atoms with Gasteiger partial charge in [-0.15, -0.1) is 0 Å². The smallest absolute Gasteiger partial charge is 0.319 e. The van der Waals surface area contributed by atoms with Gasteiger partial charge in [-0.3, -0.25) is 4.79 Å². The Morgan fingerprint density at radius 3 is 2.78 bits per heavy atom. The fourth-order valence-electron chi connectivity index (χ4n) is 3.58. The van der Waals surface area contributed by atoms with E-state index in [2.05, 4.69) is 20.8 Å². The summed E-state index contributed by atoms with van der Waals surface area (Å²) >= 11 is 0. The van der Waals surface area contributed by atoms with Crippen molar-refractivity contribution < 1.29 is 18.8 Å². The van der Waals surface area contributed by atoms with E-state index < -0.39 is 6.03 Å². The second-order valence-corrected chi connectivity index (χ2v) is 7.44. The van der Waals surface area contributed by atoms with Crippen LogP contribution in [0.3, 0.4) is 0 Å². The van der Waals surface area contributed by atoms with Crippen LogP contribution in [0.15, 0.2) is 59.1 Å². The maximum atomic E-state index is 12.4. The second-order valence-electron chi connectivity index (χ2n) is 7.44. The number of ether oxygens (including phenoxy) is 1. The minimum Gasteiger partial charge on any atom is -0.492 e. The van der Waals surface area contributed by atoms with Crippen molar-refractivity contribution in [3.63, 3.8) is 0 Å². The number of likely N-dealkylation sites (tertiary alicyclic amines) is 1. The highest BCUT2D eigenvalue weighted by Crippen LogP contribution is 2.27. The van der Waals surface area contributed by atoms with Crippen LogP contribution in [-0.2, 0) is 17.9 Å². The van der Waals surface area contributed by atoms with E-state index in [1.165, 1.54) is 0 Å². The lowest BCUT2D eigenvalue weighted by Crippen LogP contribution is -2.28. The lowest BCUT2D eigenvalue weighted by atomic mass is 10.1. The topological polar surface area (TPSA) is 110 Å². The van der Waals surface area contributed by atoms with Gasteiger partial charge in [0.2, 0.25) is 11.8 Å². The number of nitrogens with one attached hydrogen (secondary N) is 2. The first-order valence-corrected chi connectivity index (χ1v) is 10.5. The van der Waals surface area contributed by atoms with Gasteiger partial charge in [-0.1, -0.05) is 47.6 Å². The van der Waals surface area contributed by atoms with Gasteiger partial charge in [0.05, 0.1) is 18.8 Å². The normalized spacial score (nSPS) is 15.6. The highest BCUT2D eigenvalue weighted by Gasteiger charge is 2.33. The van der Waals surface area contributed by atoms with E-state index in [9.17, 15) is 9.59 Å². The van der Waals surface area contributed by atoms with Gasteiger partial charge in [0, 0.05) is 25.4 Å². The number of benzene rings is 2. The number of carbonyl (C=O) groups excluding carboxylic acids is 2. The first-order valence-electron chi connectivity index (χ1n) is 10.5. The van der Waals surface area contributed by atoms with Crippen molar-refractivity contribution in [3.05, 3.63) is 71.9 Å². The lowest BCUT2D eigenvalue weighted by Gasteiger charge is -2.15. The van der Waals surface area contributed by atoms with Crippen molar-refractivity contribution >= 4 is 17.6 Å². The average Bonchev–Trinajstić information content (AvgIpc) is 3.41. The first-order chi connectivity index (χ1) is 15.6. The van der Waals surface area contributed by atoms with Crippen LogP contribution in [0.5, 0.6) is 5.75 Å². The van der Waals surface area contributed by atoms with Gasteiger partial charge in [0.1, 0.15) is 5.75 Å². The van der Waals surface area contributed by atoms with E-state index >= 15 is 0 Å². The summed E-state index contributed by atoms with van der Waals surface area (Å²) in [5.41, 5.74) is 1.65. The Morgan fingerprint density at radius 2 is 1.97 bits per heavy atom. The molecule has 0 aliphatic carbocycles. The van der Waals surface area contributed by atoms with Crippen molar-refractivity contribution in [2.45, 2.75) is 32.4 Å². The first kappa shape index (κ1) is 21.4. The van der Waals surface area contributed by atoms with Crippen LogP contribution >= 0.6 is 0 Å². The molecule has 3 amide bonds. The molecule has 9 heteroatoms. The van der Waals surface area contributed by atoms with E-state index in [0.29, 0.717) is 43.4 Å². The van der Waals surface area contributed by atoms with Crippen LogP contribution < -0.4 is 15.4 Å². The van der Waals surface area contributed by atoms with Gasteiger partial charge in [0.15, 0.2) is 5.82 Å². The van der Waals surface area contributed by atoms with Gasteiger partial charge < -0.3 is 24.8 Å². The zero-order valence-electron chi connectivity index (χ0n) is 17.8. The Labute approximate surface area is 185 Å². The summed E-state index contributed by atoms with van der Waals surface area (Å²) in [4.78, 5) is 30.8. The maximum Gasteiger partial charge on any atom is 0.319 e. The van der Waals surface area contributed by atoms with Gasteiger partial charge in [-0.25, -0.2) is 4.79 Å². The number of anilines is 1. The molecule has 0 unspecified atom stereocenters. The molecule has 1 fully saturated rings. The SMILES string of the molecule is CCOc1ccccc1NC(=O)NCc1nc([C@H]2CC(=O)N(Cc3ccccc3)C2)no1. The molecule has 0 radical (unpaired) electrons. The number of para-hydroxylation sites is 2. The number of amides is 3. The van der Waals surface area contributed by atoms with Crippen LogP contribution in [0, 0.1) is 0 Å². The highest BCUT2D eigenvalue weighted by molar-refractivity contribution is 5.90. The molecule has 1 aliphatic rings. The number of hydrogen-bond donors (Lipinski definition) is 2. The number of urea groups is 1. The molecular formula is C23H25N5O4. The highest BCUT2D eigenvalue weighted by atomic mass is 16.5. The third kappa shape index (κ3) is 5.23. The number of rotatable bonds is 8. The van der Waals surface area contributed by atoms with Crippen molar-refractivity contribution in [1.82, 2.24) is 20.4 Å². The number of aromatic nitrogens is 2. The van der Waals surface area contributed by atoms with Crippen LogP contribution in [0.2, 0.25) is 0 Å². The molecule has 0 bridgehead atoms.